The van der Waals surface area contributed by atoms with Crippen LogP contribution in [0.3, 0.4) is 0 Å². The van der Waals surface area contributed by atoms with Crippen molar-refractivity contribution in [3.63, 3.8) is 0 Å². The van der Waals surface area contributed by atoms with Crippen LogP contribution in [0, 0.1) is 25.2 Å². The van der Waals surface area contributed by atoms with Gasteiger partial charge in [0.05, 0.1) is 11.6 Å². The summed E-state index contributed by atoms with van der Waals surface area (Å²) in [6.07, 6.45) is 2.93. The fourth-order valence-corrected chi connectivity index (χ4v) is 4.79. The van der Waals surface area contributed by atoms with Gasteiger partial charge in [0, 0.05) is 36.7 Å². The van der Waals surface area contributed by atoms with E-state index in [1.54, 1.807) is 24.3 Å². The fourth-order valence-electron chi connectivity index (χ4n) is 4.32. The standard InChI is InChI=1S/C25H28N8O4S/c1-15-11-17(13-26)12-16(2)22(15)37-24-21(23(27)34)14-29-25(31-24)30-18-7-9-33(10-8-18)20-5-3-19(4-6-20)32-38(28,35)36/h3-6,11-12,14,18,32H,7-10H2,1-2H3,(H2,27,34)(H2,28,35,36)(H,29,30,31). The van der Waals surface area contributed by atoms with Gasteiger partial charge in [-0.2, -0.15) is 18.7 Å². The first kappa shape index (κ1) is 26.6. The molecule has 0 spiro atoms. The van der Waals surface area contributed by atoms with E-state index in [2.05, 4.69) is 31.0 Å². The van der Waals surface area contributed by atoms with E-state index in [1.165, 1.54) is 6.20 Å². The van der Waals surface area contributed by atoms with Crippen molar-refractivity contribution in [2.24, 2.45) is 10.9 Å². The Balaban J connectivity index is 1.44. The molecule has 198 valence electrons. The average molecular weight is 537 g/mol. The van der Waals surface area contributed by atoms with Gasteiger partial charge in [-0.1, -0.05) is 0 Å². The van der Waals surface area contributed by atoms with Gasteiger partial charge in [-0.25, -0.2) is 10.1 Å². The summed E-state index contributed by atoms with van der Waals surface area (Å²) in [7, 11) is -3.82. The summed E-state index contributed by atoms with van der Waals surface area (Å²) in [6, 6.07) is 12.6. The van der Waals surface area contributed by atoms with Crippen molar-refractivity contribution in [2.75, 3.05) is 28.0 Å². The van der Waals surface area contributed by atoms with E-state index in [0.717, 1.165) is 42.7 Å². The molecule has 12 nitrogen and oxygen atoms in total. The molecule has 1 aliphatic heterocycles. The van der Waals surface area contributed by atoms with Gasteiger partial charge in [0.1, 0.15) is 11.3 Å². The van der Waals surface area contributed by atoms with Crippen molar-refractivity contribution in [1.82, 2.24) is 9.97 Å². The third-order valence-corrected chi connectivity index (χ3v) is 6.65. The molecule has 1 aliphatic rings. The van der Waals surface area contributed by atoms with E-state index >= 15 is 0 Å². The second-order valence-corrected chi connectivity index (χ2v) is 10.3. The molecule has 1 saturated heterocycles. The molecular formula is C25H28N8O4S. The van der Waals surface area contributed by atoms with Crippen molar-refractivity contribution in [1.29, 1.82) is 5.26 Å². The van der Waals surface area contributed by atoms with Gasteiger partial charge in [0.25, 0.3) is 16.1 Å². The number of benzene rings is 2. The van der Waals surface area contributed by atoms with Crippen molar-refractivity contribution in [3.8, 4) is 17.7 Å². The van der Waals surface area contributed by atoms with Gasteiger partial charge in [0.15, 0.2) is 0 Å². The molecule has 6 N–H and O–H groups in total. The maximum absolute atomic E-state index is 12.0. The molecule has 2 heterocycles. The van der Waals surface area contributed by atoms with Crippen molar-refractivity contribution in [3.05, 3.63) is 64.8 Å². The van der Waals surface area contributed by atoms with Crippen LogP contribution in [-0.4, -0.2) is 43.4 Å². The molecule has 2 aromatic carbocycles. The Morgan fingerprint density at radius 2 is 1.79 bits per heavy atom. The molecule has 0 saturated carbocycles. The molecule has 4 rings (SSSR count). The molecule has 38 heavy (non-hydrogen) atoms. The predicted octanol–water partition coefficient (Wildman–Crippen LogP) is 2.55. The number of carbonyl (C=O) groups excluding carboxylic acids is 1. The number of carbonyl (C=O) groups is 1. The number of aryl methyl sites for hydroxylation is 2. The summed E-state index contributed by atoms with van der Waals surface area (Å²) in [5, 5.41) is 17.5. The SMILES string of the molecule is Cc1cc(C#N)cc(C)c1Oc1nc(NC2CCN(c3ccc(NS(N)(=O)=O)cc3)CC2)ncc1C(N)=O. The zero-order chi connectivity index (χ0) is 27.4. The zero-order valence-corrected chi connectivity index (χ0v) is 21.7. The molecule has 13 heteroatoms. The summed E-state index contributed by atoms with van der Waals surface area (Å²) in [5.41, 5.74) is 8.90. The lowest BCUT2D eigenvalue weighted by Gasteiger charge is -2.34. The third kappa shape index (κ3) is 6.47. The van der Waals surface area contributed by atoms with Gasteiger partial charge in [-0.05, 0) is 74.2 Å². The molecule has 0 radical (unpaired) electrons. The van der Waals surface area contributed by atoms with Crippen LogP contribution in [0.2, 0.25) is 0 Å². The first-order chi connectivity index (χ1) is 18.0. The number of rotatable bonds is 8. The molecule has 1 amide bonds. The topological polar surface area (TPSA) is 189 Å². The monoisotopic (exact) mass is 536 g/mol. The smallest absolute Gasteiger partial charge is 0.296 e. The van der Waals surface area contributed by atoms with Crippen LogP contribution < -0.4 is 30.5 Å². The normalized spacial score (nSPS) is 14.0. The predicted molar refractivity (Wildman–Crippen MR) is 143 cm³/mol. The number of hydrogen-bond donors (Lipinski definition) is 4. The van der Waals surface area contributed by atoms with Gasteiger partial charge >= 0.3 is 0 Å². The lowest BCUT2D eigenvalue weighted by atomic mass is 10.0. The number of primary amides is 1. The quantitative estimate of drug-likeness (QED) is 0.335. The minimum absolute atomic E-state index is 0.0385. The lowest BCUT2D eigenvalue weighted by molar-refractivity contribution is 0.0997. The number of hydrogen-bond acceptors (Lipinski definition) is 9. The average Bonchev–Trinajstić information content (AvgIpc) is 2.86. The Morgan fingerprint density at radius 3 is 2.34 bits per heavy atom. The van der Waals surface area contributed by atoms with Crippen LogP contribution in [0.1, 0.15) is 39.9 Å². The molecule has 0 unspecified atom stereocenters. The van der Waals surface area contributed by atoms with Crippen molar-refractivity contribution in [2.45, 2.75) is 32.7 Å². The first-order valence-corrected chi connectivity index (χ1v) is 13.3. The summed E-state index contributed by atoms with van der Waals surface area (Å²) >= 11 is 0. The maximum Gasteiger partial charge on any atom is 0.296 e. The van der Waals surface area contributed by atoms with E-state index in [1.807, 2.05) is 26.0 Å². The third-order valence-electron chi connectivity index (χ3n) is 6.13. The highest BCUT2D eigenvalue weighted by atomic mass is 32.2. The van der Waals surface area contributed by atoms with Gasteiger partial charge in [-0.3, -0.25) is 9.52 Å². The lowest BCUT2D eigenvalue weighted by Crippen LogP contribution is -2.39. The van der Waals surface area contributed by atoms with Gasteiger partial charge in [0.2, 0.25) is 11.8 Å². The Kier molecular flexibility index (Phi) is 7.65. The minimum Gasteiger partial charge on any atom is -0.437 e. The number of piperidine rings is 1. The number of nitrogens with two attached hydrogens (primary N) is 2. The minimum atomic E-state index is -3.82. The van der Waals surface area contributed by atoms with Crippen LogP contribution >= 0.6 is 0 Å². The molecule has 0 atom stereocenters. The molecular weight excluding hydrogens is 508 g/mol. The van der Waals surface area contributed by atoms with Crippen molar-refractivity contribution < 1.29 is 17.9 Å². The van der Waals surface area contributed by atoms with Gasteiger partial charge in [-0.15, -0.1) is 0 Å². The number of nitrogens with zero attached hydrogens (tertiary/aromatic N) is 4. The second kappa shape index (κ2) is 10.9. The summed E-state index contributed by atoms with van der Waals surface area (Å²) in [4.78, 5) is 22.9. The van der Waals surface area contributed by atoms with E-state index in [0.29, 0.717) is 22.9 Å². The fraction of sp³-hybridized carbons (Fsp3) is 0.280. The number of ether oxygens (including phenoxy) is 1. The van der Waals surface area contributed by atoms with E-state index < -0.39 is 16.1 Å². The van der Waals surface area contributed by atoms with Crippen LogP contribution in [0.25, 0.3) is 0 Å². The zero-order valence-electron chi connectivity index (χ0n) is 20.9. The van der Waals surface area contributed by atoms with E-state index in [9.17, 15) is 18.5 Å². The van der Waals surface area contributed by atoms with E-state index in [4.69, 9.17) is 15.6 Å². The summed E-state index contributed by atoms with van der Waals surface area (Å²) < 4.78 is 30.6. The molecule has 1 aromatic heterocycles. The highest BCUT2D eigenvalue weighted by Crippen LogP contribution is 2.31. The van der Waals surface area contributed by atoms with Crippen LogP contribution in [-0.2, 0) is 10.2 Å². The molecule has 3 aromatic rings. The second-order valence-electron chi connectivity index (χ2n) is 9.03. The Hall–Kier alpha value is -4.41. The largest absolute Gasteiger partial charge is 0.437 e. The van der Waals surface area contributed by atoms with Crippen LogP contribution in [0.5, 0.6) is 11.6 Å². The number of nitriles is 1. The number of nitrogens with one attached hydrogen (secondary N) is 2. The number of anilines is 3. The Morgan fingerprint density at radius 1 is 1.16 bits per heavy atom. The maximum atomic E-state index is 12.0. The first-order valence-electron chi connectivity index (χ1n) is 11.8. The number of aromatic nitrogens is 2. The molecule has 1 fully saturated rings. The van der Waals surface area contributed by atoms with Crippen LogP contribution in [0.15, 0.2) is 42.6 Å². The molecule has 0 bridgehead atoms. The highest BCUT2D eigenvalue weighted by Gasteiger charge is 2.22. The summed E-state index contributed by atoms with van der Waals surface area (Å²) in [5.74, 6) is 0.131. The Bertz CT molecular complexity index is 1470. The highest BCUT2D eigenvalue weighted by molar-refractivity contribution is 7.90. The summed E-state index contributed by atoms with van der Waals surface area (Å²) in [6.45, 7) is 5.13. The van der Waals surface area contributed by atoms with E-state index in [-0.39, 0.29) is 17.5 Å². The van der Waals surface area contributed by atoms with Crippen molar-refractivity contribution >= 4 is 33.4 Å². The molecule has 0 aliphatic carbocycles. The van der Waals surface area contributed by atoms with Crippen LogP contribution in [0.4, 0.5) is 17.3 Å². The van der Waals surface area contributed by atoms with Gasteiger partial charge < -0.3 is 20.7 Å². The Labute approximate surface area is 220 Å². The number of amides is 1.